The highest BCUT2D eigenvalue weighted by atomic mass is 32.2. The summed E-state index contributed by atoms with van der Waals surface area (Å²) in [6.45, 7) is 6.02. The first-order chi connectivity index (χ1) is 14.9. The number of piperidine rings is 1. The number of amides is 1. The van der Waals surface area contributed by atoms with Gasteiger partial charge in [-0.3, -0.25) is 4.79 Å². The minimum atomic E-state index is -3.65. The maximum absolute atomic E-state index is 13.3. The smallest absolute Gasteiger partial charge is 0.243 e. The van der Waals surface area contributed by atoms with Crippen LogP contribution in [-0.4, -0.2) is 36.3 Å². The highest BCUT2D eigenvalue weighted by molar-refractivity contribution is 7.89. The van der Waals surface area contributed by atoms with E-state index in [2.05, 4.69) is 16.8 Å². The largest absolute Gasteiger partial charge is 0.352 e. The molecule has 6 nitrogen and oxygen atoms in total. The van der Waals surface area contributed by atoms with Crippen molar-refractivity contribution in [1.82, 2.24) is 14.2 Å². The lowest BCUT2D eigenvalue weighted by Crippen LogP contribution is -2.45. The van der Waals surface area contributed by atoms with Crippen LogP contribution in [0, 0.1) is 12.8 Å². The number of aryl methyl sites for hydroxylation is 2. The number of fused-ring (bicyclic) bond motifs is 1. The molecule has 1 aliphatic rings. The summed E-state index contributed by atoms with van der Waals surface area (Å²) in [5, 5.41) is 3.89. The van der Waals surface area contributed by atoms with E-state index in [0.29, 0.717) is 25.9 Å². The maximum Gasteiger partial charge on any atom is 0.243 e. The highest BCUT2D eigenvalue weighted by Crippen LogP contribution is 2.27. The van der Waals surface area contributed by atoms with Crippen molar-refractivity contribution >= 4 is 26.8 Å². The molecule has 1 amide bonds. The number of aromatic nitrogens is 1. The molecule has 1 N–H and O–H groups in total. The average Bonchev–Trinajstić information content (AvgIpc) is 3.20. The maximum atomic E-state index is 13.3. The van der Waals surface area contributed by atoms with Gasteiger partial charge in [0, 0.05) is 43.3 Å². The van der Waals surface area contributed by atoms with Gasteiger partial charge in [-0.05, 0) is 56.5 Å². The third-order valence-corrected chi connectivity index (χ3v) is 7.89. The van der Waals surface area contributed by atoms with E-state index in [0.717, 1.165) is 28.6 Å². The van der Waals surface area contributed by atoms with Gasteiger partial charge < -0.3 is 9.88 Å². The molecule has 2 heterocycles. The molecule has 1 aromatic heterocycles. The fourth-order valence-electron chi connectivity index (χ4n) is 4.29. The van der Waals surface area contributed by atoms with Gasteiger partial charge in [0.1, 0.15) is 0 Å². The first kappa shape index (κ1) is 21.6. The molecule has 1 aliphatic heterocycles. The Kier molecular flexibility index (Phi) is 6.16. The summed E-state index contributed by atoms with van der Waals surface area (Å²) in [7, 11) is -3.65. The van der Waals surface area contributed by atoms with Gasteiger partial charge in [-0.2, -0.15) is 4.31 Å². The molecule has 4 rings (SSSR count). The zero-order valence-electron chi connectivity index (χ0n) is 18.0. The van der Waals surface area contributed by atoms with E-state index in [-0.39, 0.29) is 23.3 Å². The van der Waals surface area contributed by atoms with Crippen molar-refractivity contribution in [2.45, 2.75) is 44.7 Å². The van der Waals surface area contributed by atoms with Gasteiger partial charge in [0.25, 0.3) is 0 Å². The van der Waals surface area contributed by atoms with Crippen molar-refractivity contribution in [3.63, 3.8) is 0 Å². The predicted octanol–water partition coefficient (Wildman–Crippen LogP) is 3.69. The summed E-state index contributed by atoms with van der Waals surface area (Å²) in [5.41, 5.74) is 3.21. The van der Waals surface area contributed by atoms with Gasteiger partial charge in [0.05, 0.1) is 10.8 Å². The molecule has 1 atom stereocenters. The van der Waals surface area contributed by atoms with E-state index in [9.17, 15) is 13.2 Å². The lowest BCUT2D eigenvalue weighted by atomic mass is 9.98. The van der Waals surface area contributed by atoms with Crippen LogP contribution in [-0.2, 0) is 27.9 Å². The van der Waals surface area contributed by atoms with Gasteiger partial charge in [-0.1, -0.05) is 29.8 Å². The lowest BCUT2D eigenvalue weighted by Gasteiger charge is -2.31. The second kappa shape index (κ2) is 8.85. The van der Waals surface area contributed by atoms with Crippen LogP contribution in [0.4, 0.5) is 0 Å². The molecule has 0 unspecified atom stereocenters. The fraction of sp³-hybridized carbons (Fsp3) is 0.375. The Morgan fingerprint density at radius 1 is 1.16 bits per heavy atom. The Morgan fingerprint density at radius 3 is 2.77 bits per heavy atom. The summed E-state index contributed by atoms with van der Waals surface area (Å²) in [4.78, 5) is 13.0. The number of hydrogen-bond acceptors (Lipinski definition) is 3. The summed E-state index contributed by atoms with van der Waals surface area (Å²) in [5.74, 6) is -0.421. The van der Waals surface area contributed by atoms with Crippen LogP contribution in [0.3, 0.4) is 0 Å². The molecule has 1 fully saturated rings. The topological polar surface area (TPSA) is 71.4 Å². The van der Waals surface area contributed by atoms with Gasteiger partial charge in [-0.25, -0.2) is 8.42 Å². The van der Waals surface area contributed by atoms with Gasteiger partial charge in [0.2, 0.25) is 15.9 Å². The number of carbonyl (C=O) groups excluding carboxylic acids is 1. The van der Waals surface area contributed by atoms with Crippen LogP contribution in [0.2, 0.25) is 0 Å². The molecular formula is C24H29N3O3S. The Labute approximate surface area is 183 Å². The quantitative estimate of drug-likeness (QED) is 0.637. The van der Waals surface area contributed by atoms with Crippen molar-refractivity contribution in [3.8, 4) is 0 Å². The zero-order valence-corrected chi connectivity index (χ0v) is 18.9. The summed E-state index contributed by atoms with van der Waals surface area (Å²) >= 11 is 0. The predicted molar refractivity (Wildman–Crippen MR) is 122 cm³/mol. The van der Waals surface area contributed by atoms with Crippen LogP contribution < -0.4 is 5.32 Å². The molecule has 7 heteroatoms. The molecule has 0 radical (unpaired) electrons. The van der Waals surface area contributed by atoms with Gasteiger partial charge in [-0.15, -0.1) is 0 Å². The summed E-state index contributed by atoms with van der Waals surface area (Å²) in [6.07, 6.45) is 3.34. The van der Waals surface area contributed by atoms with E-state index in [1.54, 1.807) is 12.1 Å². The number of carbonyl (C=O) groups is 1. The number of benzene rings is 2. The average molecular weight is 440 g/mol. The summed E-state index contributed by atoms with van der Waals surface area (Å²) < 4.78 is 30.1. The molecule has 1 saturated heterocycles. The first-order valence-electron chi connectivity index (χ1n) is 10.8. The van der Waals surface area contributed by atoms with Crippen LogP contribution in [0.1, 0.15) is 30.9 Å². The Hall–Kier alpha value is -2.64. The normalized spacial score (nSPS) is 17.7. The van der Waals surface area contributed by atoms with E-state index in [1.165, 1.54) is 4.31 Å². The molecule has 0 spiro atoms. The van der Waals surface area contributed by atoms with Gasteiger partial charge >= 0.3 is 0 Å². The number of nitrogens with zero attached hydrogens (tertiary/aromatic N) is 2. The third kappa shape index (κ3) is 4.52. The van der Waals surface area contributed by atoms with E-state index >= 15 is 0 Å². The number of hydrogen-bond donors (Lipinski definition) is 1. The zero-order chi connectivity index (χ0) is 22.0. The Bertz CT molecular complexity index is 1200. The SMILES string of the molecule is CCn1ccc2cc(S(=O)(=O)N3CCC[C@H](C(=O)NCc4cccc(C)c4)C3)ccc21. The fourth-order valence-corrected chi connectivity index (χ4v) is 5.85. The van der Waals surface area contributed by atoms with Crippen molar-refractivity contribution in [2.75, 3.05) is 13.1 Å². The second-order valence-corrected chi connectivity index (χ2v) is 10.2. The van der Waals surface area contributed by atoms with Crippen molar-refractivity contribution in [3.05, 3.63) is 65.9 Å². The van der Waals surface area contributed by atoms with E-state index in [1.807, 2.05) is 49.5 Å². The number of rotatable bonds is 6. The minimum absolute atomic E-state index is 0.0862. The molecule has 164 valence electrons. The minimum Gasteiger partial charge on any atom is -0.352 e. The molecule has 0 saturated carbocycles. The third-order valence-electron chi connectivity index (χ3n) is 6.03. The molecule has 0 bridgehead atoms. The summed E-state index contributed by atoms with van der Waals surface area (Å²) in [6, 6.07) is 15.2. The van der Waals surface area contributed by atoms with E-state index < -0.39 is 10.0 Å². The number of nitrogens with one attached hydrogen (secondary N) is 1. The highest BCUT2D eigenvalue weighted by Gasteiger charge is 2.33. The molecule has 3 aromatic rings. The second-order valence-electron chi connectivity index (χ2n) is 8.23. The molecule has 0 aliphatic carbocycles. The van der Waals surface area contributed by atoms with Crippen molar-refractivity contribution in [1.29, 1.82) is 0 Å². The van der Waals surface area contributed by atoms with E-state index in [4.69, 9.17) is 0 Å². The molecule has 31 heavy (non-hydrogen) atoms. The number of sulfonamides is 1. The first-order valence-corrected chi connectivity index (χ1v) is 12.2. The van der Waals surface area contributed by atoms with Crippen LogP contribution in [0.5, 0.6) is 0 Å². The van der Waals surface area contributed by atoms with Gasteiger partial charge in [0.15, 0.2) is 0 Å². The van der Waals surface area contributed by atoms with Crippen molar-refractivity contribution in [2.24, 2.45) is 5.92 Å². The standard InChI is InChI=1S/C24H29N3O3S/c1-3-26-13-11-20-15-22(9-10-23(20)26)31(29,30)27-12-5-8-21(17-27)24(28)25-16-19-7-4-6-18(2)14-19/h4,6-7,9-11,13-15,21H,3,5,8,12,16-17H2,1-2H3,(H,25,28)/t21-/m0/s1. The van der Waals surface area contributed by atoms with Crippen molar-refractivity contribution < 1.29 is 13.2 Å². The lowest BCUT2D eigenvalue weighted by molar-refractivity contribution is -0.126. The monoisotopic (exact) mass is 439 g/mol. The molecule has 2 aromatic carbocycles. The molecular weight excluding hydrogens is 410 g/mol. The Morgan fingerprint density at radius 2 is 2.00 bits per heavy atom. The van der Waals surface area contributed by atoms with Crippen LogP contribution >= 0.6 is 0 Å². The van der Waals surface area contributed by atoms with Crippen LogP contribution in [0.25, 0.3) is 10.9 Å². The van der Waals surface area contributed by atoms with Crippen LogP contribution in [0.15, 0.2) is 59.6 Å². The Balaban J connectivity index is 1.46.